The minimum absolute atomic E-state index is 0.122. The van der Waals surface area contributed by atoms with Crippen molar-refractivity contribution in [3.63, 3.8) is 0 Å². The summed E-state index contributed by atoms with van der Waals surface area (Å²) in [7, 11) is 0. The molecule has 1 amide bonds. The second kappa shape index (κ2) is 5.80. The molecular weight excluding hydrogens is 432 g/mol. The molecule has 0 aromatic heterocycles. The maximum Gasteiger partial charge on any atom is 0.428 e. The zero-order chi connectivity index (χ0) is 20.3. The molecule has 0 radical (unpaired) electrons. The first kappa shape index (κ1) is 20.9. The Labute approximate surface area is 148 Å². The van der Waals surface area contributed by atoms with Gasteiger partial charge in [-0.2, -0.15) is 39.5 Å². The van der Waals surface area contributed by atoms with Gasteiger partial charge in [0, 0.05) is 5.69 Å². The third kappa shape index (κ3) is 2.61. The van der Waals surface area contributed by atoms with E-state index in [0.717, 1.165) is 18.2 Å². The van der Waals surface area contributed by atoms with Crippen LogP contribution in [0, 0.1) is 0 Å². The Hall–Kier alpha value is -1.40. The molecule has 1 fully saturated rings. The van der Waals surface area contributed by atoms with Crippen molar-refractivity contribution in [1.82, 2.24) is 0 Å². The summed E-state index contributed by atoms with van der Waals surface area (Å²) in [6.07, 6.45) is -6.31. The average Bonchev–Trinajstić information content (AvgIpc) is 2.58. The van der Waals surface area contributed by atoms with E-state index in [9.17, 15) is 44.3 Å². The molecule has 1 aliphatic rings. The van der Waals surface area contributed by atoms with Gasteiger partial charge in [0.2, 0.25) is 0 Å². The van der Waals surface area contributed by atoms with E-state index in [-0.39, 0.29) is 10.0 Å². The summed E-state index contributed by atoms with van der Waals surface area (Å²) in [5, 5.41) is 0.731. The number of nitrogens with one attached hydrogen (secondary N) is 1. The summed E-state index contributed by atoms with van der Waals surface area (Å²) >= 11 is 11.0. The van der Waals surface area contributed by atoms with Crippen LogP contribution in [0.2, 0.25) is 10.0 Å². The number of benzene rings is 1. The summed E-state index contributed by atoms with van der Waals surface area (Å²) in [5.41, 5.74) is -0.646. The van der Waals surface area contributed by atoms with E-state index in [4.69, 9.17) is 23.2 Å². The van der Waals surface area contributed by atoms with Crippen LogP contribution in [0.5, 0.6) is 0 Å². The van der Waals surface area contributed by atoms with E-state index >= 15 is 0 Å². The second-order valence-electron chi connectivity index (χ2n) is 5.02. The van der Waals surface area contributed by atoms with Crippen LogP contribution in [-0.2, 0) is 9.53 Å². The molecule has 0 saturated carbocycles. The van der Waals surface area contributed by atoms with Crippen LogP contribution in [0.1, 0.15) is 0 Å². The van der Waals surface area contributed by atoms with Gasteiger partial charge >= 0.3 is 35.6 Å². The van der Waals surface area contributed by atoms with E-state index in [1.807, 2.05) is 0 Å². The molecule has 1 N–H and O–H groups in total. The maximum absolute atomic E-state index is 14.0. The lowest BCUT2D eigenvalue weighted by molar-refractivity contribution is -0.366. The van der Waals surface area contributed by atoms with E-state index in [1.165, 1.54) is 5.32 Å². The van der Waals surface area contributed by atoms with Gasteiger partial charge in [0.1, 0.15) is 0 Å². The highest BCUT2D eigenvalue weighted by atomic mass is 35.5. The number of rotatable bonds is 3. The van der Waals surface area contributed by atoms with E-state index < -0.39 is 41.3 Å². The predicted octanol–water partition coefficient (Wildman–Crippen LogP) is 5.13. The summed E-state index contributed by atoms with van der Waals surface area (Å²) in [5.74, 6) is -28.9. The molecule has 2 rings (SSSR count). The molecule has 14 heteroatoms. The molecule has 146 valence electrons. The molecule has 26 heavy (non-hydrogen) atoms. The number of halogens is 11. The SMILES string of the molecule is O=C(Nc1ccc(Cl)c(Cl)c1)C(F)(F)C1(F)OC(F)(F)C(F)(F)C1(F)F. The summed E-state index contributed by atoms with van der Waals surface area (Å²) in [6, 6.07) is 2.48. The van der Waals surface area contributed by atoms with Gasteiger partial charge in [0.05, 0.1) is 10.0 Å². The fraction of sp³-hybridized carbons (Fsp3) is 0.417. The molecule has 0 spiro atoms. The molecule has 3 nitrogen and oxygen atoms in total. The quantitative estimate of drug-likeness (QED) is 0.668. The highest BCUT2D eigenvalue weighted by molar-refractivity contribution is 6.42. The number of ether oxygens (including phenoxy) is 1. The number of carbonyl (C=O) groups excluding carboxylic acids is 1. The highest BCUT2D eigenvalue weighted by Crippen LogP contribution is 2.64. The maximum atomic E-state index is 14.0. The van der Waals surface area contributed by atoms with Gasteiger partial charge in [-0.05, 0) is 18.2 Å². The smallest absolute Gasteiger partial charge is 0.321 e. The predicted molar refractivity (Wildman–Crippen MR) is 69.8 cm³/mol. The molecule has 0 aliphatic carbocycles. The molecule has 1 aromatic rings. The second-order valence-corrected chi connectivity index (χ2v) is 5.83. The van der Waals surface area contributed by atoms with Gasteiger partial charge in [-0.1, -0.05) is 23.2 Å². The van der Waals surface area contributed by atoms with Crippen molar-refractivity contribution in [2.75, 3.05) is 5.32 Å². The van der Waals surface area contributed by atoms with Crippen LogP contribution in [0.25, 0.3) is 0 Å². The summed E-state index contributed by atoms with van der Waals surface area (Å²) in [6.45, 7) is 0. The van der Waals surface area contributed by atoms with Crippen LogP contribution in [0.3, 0.4) is 0 Å². The molecular formula is C12H4Cl2F9NO2. The lowest BCUT2D eigenvalue weighted by Gasteiger charge is -2.31. The standard InChI is InChI=1S/C12H4Cl2F9NO2/c13-5-2-1-4(3-6(5)14)24-7(25)8(15,16)11(21)9(17,18)10(19,20)12(22,23)26-11/h1-3H,(H,24,25). The number of hydrogen-bond donors (Lipinski definition) is 1. The number of hydrogen-bond acceptors (Lipinski definition) is 2. The van der Waals surface area contributed by atoms with Gasteiger partial charge in [0.25, 0.3) is 0 Å². The number of anilines is 1. The fourth-order valence-electron chi connectivity index (χ4n) is 1.88. The van der Waals surface area contributed by atoms with Crippen molar-refractivity contribution < 1.29 is 49.0 Å². The molecule has 1 aliphatic heterocycles. The molecule has 1 heterocycles. The highest BCUT2D eigenvalue weighted by Gasteiger charge is 2.96. The molecule has 1 saturated heterocycles. The largest absolute Gasteiger partial charge is 0.428 e. The first-order valence-corrected chi connectivity index (χ1v) is 6.94. The first-order valence-electron chi connectivity index (χ1n) is 6.18. The van der Waals surface area contributed by atoms with Crippen LogP contribution in [-0.4, -0.2) is 35.6 Å². The fourth-order valence-corrected chi connectivity index (χ4v) is 2.18. The van der Waals surface area contributed by atoms with Gasteiger partial charge in [-0.3, -0.25) is 9.53 Å². The van der Waals surface area contributed by atoms with Crippen molar-refractivity contribution in [3.05, 3.63) is 28.2 Å². The van der Waals surface area contributed by atoms with Crippen molar-refractivity contribution in [3.8, 4) is 0 Å². The third-order valence-corrected chi connectivity index (χ3v) is 4.04. The van der Waals surface area contributed by atoms with Crippen molar-refractivity contribution in [2.24, 2.45) is 0 Å². The topological polar surface area (TPSA) is 38.3 Å². The van der Waals surface area contributed by atoms with Gasteiger partial charge in [-0.25, -0.2) is 0 Å². The Balaban J connectivity index is 2.42. The Morgan fingerprint density at radius 2 is 1.50 bits per heavy atom. The number of carbonyl (C=O) groups is 1. The molecule has 1 aromatic carbocycles. The number of amides is 1. The Bertz CT molecular complexity index is 758. The molecule has 0 bridgehead atoms. The van der Waals surface area contributed by atoms with Crippen LogP contribution < -0.4 is 5.32 Å². The Kier molecular flexibility index (Phi) is 4.66. The zero-order valence-corrected chi connectivity index (χ0v) is 13.2. The molecule has 1 unspecified atom stereocenters. The third-order valence-electron chi connectivity index (χ3n) is 3.30. The number of alkyl halides is 9. The van der Waals surface area contributed by atoms with E-state index in [0.29, 0.717) is 0 Å². The van der Waals surface area contributed by atoms with Crippen molar-refractivity contribution in [1.29, 1.82) is 0 Å². The Morgan fingerprint density at radius 3 is 1.92 bits per heavy atom. The summed E-state index contributed by atoms with van der Waals surface area (Å²) < 4.78 is 122. The minimum Gasteiger partial charge on any atom is -0.321 e. The first-order chi connectivity index (χ1) is 11.5. The zero-order valence-electron chi connectivity index (χ0n) is 11.7. The average molecular weight is 436 g/mol. The van der Waals surface area contributed by atoms with E-state index in [1.54, 1.807) is 0 Å². The lowest BCUT2D eigenvalue weighted by Crippen LogP contribution is -2.63. The normalized spacial score (nSPS) is 26.6. The van der Waals surface area contributed by atoms with Crippen LogP contribution >= 0.6 is 23.2 Å². The van der Waals surface area contributed by atoms with Crippen LogP contribution in [0.4, 0.5) is 45.2 Å². The summed E-state index contributed by atoms with van der Waals surface area (Å²) in [4.78, 5) is 11.5. The van der Waals surface area contributed by atoms with Gasteiger partial charge in [-0.15, -0.1) is 0 Å². The van der Waals surface area contributed by atoms with Crippen molar-refractivity contribution >= 4 is 34.8 Å². The van der Waals surface area contributed by atoms with E-state index in [2.05, 4.69) is 4.74 Å². The van der Waals surface area contributed by atoms with Gasteiger partial charge < -0.3 is 5.32 Å². The van der Waals surface area contributed by atoms with Crippen molar-refractivity contribution in [2.45, 2.75) is 29.7 Å². The molecule has 1 atom stereocenters. The monoisotopic (exact) mass is 435 g/mol. The van der Waals surface area contributed by atoms with Crippen LogP contribution in [0.15, 0.2) is 18.2 Å². The lowest BCUT2D eigenvalue weighted by atomic mass is 9.99. The minimum atomic E-state index is -6.75. The Morgan fingerprint density at radius 1 is 0.962 bits per heavy atom. The van der Waals surface area contributed by atoms with Gasteiger partial charge in [0.15, 0.2) is 0 Å².